The molecule has 0 saturated heterocycles. The number of rotatable bonds is 9. The first-order valence-electron chi connectivity index (χ1n) is 9.48. The number of nitrogens with one attached hydrogen (secondary N) is 2. The molecule has 2 N–H and O–H groups in total. The zero-order valence-corrected chi connectivity index (χ0v) is 19.4. The highest BCUT2D eigenvalue weighted by Crippen LogP contribution is 2.26. The van der Waals surface area contributed by atoms with E-state index in [0.29, 0.717) is 33.5 Å². The number of anilines is 2. The van der Waals surface area contributed by atoms with Gasteiger partial charge in [0.15, 0.2) is 5.16 Å². The third-order valence-corrected chi connectivity index (χ3v) is 6.94. The van der Waals surface area contributed by atoms with E-state index in [-0.39, 0.29) is 17.4 Å². The fourth-order valence-corrected chi connectivity index (χ4v) is 4.92. The van der Waals surface area contributed by atoms with Crippen LogP contribution in [0, 0.1) is 6.92 Å². The number of amides is 1. The van der Waals surface area contributed by atoms with Crippen molar-refractivity contribution in [1.82, 2.24) is 14.8 Å². The van der Waals surface area contributed by atoms with E-state index in [1.165, 1.54) is 11.8 Å². The summed E-state index contributed by atoms with van der Waals surface area (Å²) in [4.78, 5) is 12.5. The highest BCUT2D eigenvalue weighted by molar-refractivity contribution is 7.99. The van der Waals surface area contributed by atoms with Crippen LogP contribution in [0.1, 0.15) is 18.9 Å². The fourth-order valence-electron chi connectivity index (χ4n) is 2.81. The van der Waals surface area contributed by atoms with Crippen LogP contribution in [0.4, 0.5) is 11.4 Å². The molecule has 31 heavy (non-hydrogen) atoms. The van der Waals surface area contributed by atoms with E-state index in [2.05, 4.69) is 20.2 Å². The van der Waals surface area contributed by atoms with Crippen LogP contribution in [0.5, 0.6) is 0 Å². The molecule has 3 rings (SSSR count). The van der Waals surface area contributed by atoms with Gasteiger partial charge >= 0.3 is 0 Å². The summed E-state index contributed by atoms with van der Waals surface area (Å²) >= 11 is 7.28. The van der Waals surface area contributed by atoms with Crippen molar-refractivity contribution >= 4 is 50.7 Å². The fraction of sp³-hybridized carbons (Fsp3) is 0.250. The van der Waals surface area contributed by atoms with Gasteiger partial charge in [-0.25, -0.2) is 8.42 Å². The minimum Gasteiger partial charge on any atom is -0.325 e. The highest BCUT2D eigenvalue weighted by atomic mass is 35.5. The number of carbonyl (C=O) groups is 1. The quantitative estimate of drug-likeness (QED) is 0.447. The molecule has 0 spiro atoms. The summed E-state index contributed by atoms with van der Waals surface area (Å²) in [5, 5.41) is 11.9. The Kier molecular flexibility index (Phi) is 7.58. The van der Waals surface area contributed by atoms with Crippen molar-refractivity contribution in [2.45, 2.75) is 25.4 Å². The zero-order chi connectivity index (χ0) is 22.4. The first kappa shape index (κ1) is 23.1. The maximum Gasteiger partial charge on any atom is 0.234 e. The van der Waals surface area contributed by atoms with E-state index < -0.39 is 10.0 Å². The standard InChI is InChI=1S/C20H22ClN5O3S2/c1-3-10-31(28,29)25-18-9-5-8-17(14(18)2)23-19(27)12-30-20-24-22-13-26(20)16-7-4-6-15(21)11-16/h4-9,11,13,25H,3,10,12H2,1-2H3,(H,23,27). The lowest BCUT2D eigenvalue weighted by atomic mass is 10.1. The van der Waals surface area contributed by atoms with Crippen molar-refractivity contribution in [2.24, 2.45) is 0 Å². The molecule has 0 aliphatic rings. The molecule has 8 nitrogen and oxygen atoms in total. The monoisotopic (exact) mass is 479 g/mol. The zero-order valence-electron chi connectivity index (χ0n) is 17.0. The Labute approximate surface area is 190 Å². The van der Waals surface area contributed by atoms with Gasteiger partial charge in [0, 0.05) is 10.7 Å². The molecule has 1 amide bonds. The molecule has 2 aromatic carbocycles. The van der Waals surface area contributed by atoms with Gasteiger partial charge in [0.2, 0.25) is 15.9 Å². The molecule has 11 heteroatoms. The van der Waals surface area contributed by atoms with Gasteiger partial charge < -0.3 is 5.32 Å². The van der Waals surface area contributed by atoms with Gasteiger partial charge in [-0.1, -0.05) is 42.4 Å². The maximum absolute atomic E-state index is 12.5. The summed E-state index contributed by atoms with van der Waals surface area (Å²) in [6, 6.07) is 12.3. The highest BCUT2D eigenvalue weighted by Gasteiger charge is 2.15. The Morgan fingerprint density at radius 1 is 1.19 bits per heavy atom. The Bertz CT molecular complexity index is 1180. The number of aromatic nitrogens is 3. The first-order valence-corrected chi connectivity index (χ1v) is 12.5. The summed E-state index contributed by atoms with van der Waals surface area (Å²) in [5.41, 5.74) is 2.42. The molecule has 1 aromatic heterocycles. The molecule has 1 heterocycles. The van der Waals surface area contributed by atoms with Gasteiger partial charge in [0.25, 0.3) is 0 Å². The van der Waals surface area contributed by atoms with Crippen molar-refractivity contribution in [1.29, 1.82) is 0 Å². The van der Waals surface area contributed by atoms with Crippen molar-refractivity contribution in [3.63, 3.8) is 0 Å². The topological polar surface area (TPSA) is 106 Å². The van der Waals surface area contributed by atoms with Crippen molar-refractivity contribution in [3.8, 4) is 5.69 Å². The molecule has 0 saturated carbocycles. The van der Waals surface area contributed by atoms with Crippen LogP contribution in [-0.2, 0) is 14.8 Å². The van der Waals surface area contributed by atoms with Gasteiger partial charge in [-0.05, 0) is 49.2 Å². The Morgan fingerprint density at radius 3 is 2.68 bits per heavy atom. The molecule has 0 aliphatic heterocycles. The number of hydrogen-bond donors (Lipinski definition) is 2. The molecule has 3 aromatic rings. The van der Waals surface area contributed by atoms with Crippen LogP contribution in [0.15, 0.2) is 53.9 Å². The van der Waals surface area contributed by atoms with Crippen molar-refractivity contribution < 1.29 is 13.2 Å². The molecule has 164 valence electrons. The number of thioether (sulfide) groups is 1. The largest absolute Gasteiger partial charge is 0.325 e. The van der Waals surface area contributed by atoms with E-state index in [1.807, 2.05) is 12.1 Å². The summed E-state index contributed by atoms with van der Waals surface area (Å²) in [7, 11) is -3.42. The lowest BCUT2D eigenvalue weighted by molar-refractivity contribution is -0.113. The summed E-state index contributed by atoms with van der Waals surface area (Å²) in [6.07, 6.45) is 2.07. The van der Waals surface area contributed by atoms with E-state index in [4.69, 9.17) is 11.6 Å². The molecule has 0 fully saturated rings. The SMILES string of the molecule is CCCS(=O)(=O)Nc1cccc(NC(=O)CSc2nncn2-c2cccc(Cl)c2)c1C. The van der Waals surface area contributed by atoms with Crippen LogP contribution in [-0.4, -0.2) is 40.6 Å². The van der Waals surface area contributed by atoms with Crippen LogP contribution in [0.2, 0.25) is 5.02 Å². The predicted octanol–water partition coefficient (Wildman–Crippen LogP) is 4.11. The van der Waals surface area contributed by atoms with E-state index in [9.17, 15) is 13.2 Å². The van der Waals surface area contributed by atoms with E-state index in [1.54, 1.807) is 55.1 Å². The lowest BCUT2D eigenvalue weighted by Crippen LogP contribution is -2.18. The smallest absolute Gasteiger partial charge is 0.234 e. The van der Waals surface area contributed by atoms with Gasteiger partial charge in [0.05, 0.1) is 22.9 Å². The second kappa shape index (κ2) is 10.2. The third-order valence-electron chi connectivity index (χ3n) is 4.28. The summed E-state index contributed by atoms with van der Waals surface area (Å²) < 4.78 is 28.4. The molecular formula is C20H22ClN5O3S2. The average molecular weight is 480 g/mol. The molecule has 0 bridgehead atoms. The number of benzene rings is 2. The molecule has 0 atom stereocenters. The maximum atomic E-state index is 12.5. The van der Waals surface area contributed by atoms with Gasteiger partial charge in [-0.2, -0.15) is 0 Å². The third kappa shape index (κ3) is 6.22. The number of halogens is 1. The second-order valence-electron chi connectivity index (χ2n) is 6.70. The van der Waals surface area contributed by atoms with Gasteiger partial charge in [-0.3, -0.25) is 14.1 Å². The summed E-state index contributed by atoms with van der Waals surface area (Å²) in [5.74, 6) is -0.111. The Balaban J connectivity index is 1.66. The molecule has 0 unspecified atom stereocenters. The molecule has 0 radical (unpaired) electrons. The van der Waals surface area contributed by atoms with Gasteiger partial charge in [0.1, 0.15) is 6.33 Å². The van der Waals surface area contributed by atoms with Gasteiger partial charge in [-0.15, -0.1) is 10.2 Å². The van der Waals surface area contributed by atoms with Crippen LogP contribution < -0.4 is 10.0 Å². The summed E-state index contributed by atoms with van der Waals surface area (Å²) in [6.45, 7) is 3.55. The van der Waals surface area contributed by atoms with Crippen molar-refractivity contribution in [2.75, 3.05) is 21.5 Å². The molecular weight excluding hydrogens is 458 g/mol. The number of carbonyl (C=O) groups excluding carboxylic acids is 1. The van der Waals surface area contributed by atoms with Crippen LogP contribution >= 0.6 is 23.4 Å². The molecule has 0 aliphatic carbocycles. The normalized spacial score (nSPS) is 11.3. The Hall–Kier alpha value is -2.56. The minimum atomic E-state index is -3.42. The second-order valence-corrected chi connectivity index (χ2v) is 9.92. The predicted molar refractivity (Wildman–Crippen MR) is 125 cm³/mol. The number of hydrogen-bond acceptors (Lipinski definition) is 6. The number of nitrogens with zero attached hydrogens (tertiary/aromatic N) is 3. The van der Waals surface area contributed by atoms with E-state index in [0.717, 1.165) is 5.69 Å². The first-order chi connectivity index (χ1) is 14.8. The minimum absolute atomic E-state index is 0.0347. The van der Waals surface area contributed by atoms with Crippen LogP contribution in [0.3, 0.4) is 0 Å². The number of sulfonamides is 1. The Morgan fingerprint density at radius 2 is 1.94 bits per heavy atom. The van der Waals surface area contributed by atoms with Crippen molar-refractivity contribution in [3.05, 3.63) is 59.4 Å². The lowest BCUT2D eigenvalue weighted by Gasteiger charge is -2.14. The van der Waals surface area contributed by atoms with Crippen LogP contribution in [0.25, 0.3) is 5.69 Å². The van der Waals surface area contributed by atoms with E-state index >= 15 is 0 Å². The average Bonchev–Trinajstić information content (AvgIpc) is 3.18.